The lowest BCUT2D eigenvalue weighted by atomic mass is 10.1. The molecule has 0 aliphatic carbocycles. The molecule has 0 saturated heterocycles. The highest BCUT2D eigenvalue weighted by atomic mass is 19.1. The second-order valence-corrected chi connectivity index (χ2v) is 5.72. The van der Waals surface area contributed by atoms with Crippen LogP contribution in [0.2, 0.25) is 0 Å². The second kappa shape index (κ2) is 8.71. The van der Waals surface area contributed by atoms with Gasteiger partial charge >= 0.3 is 0 Å². The maximum Gasteiger partial charge on any atom is 0.271 e. The molecular formula is C20H19FN4O. The third-order valence-corrected chi connectivity index (χ3v) is 3.84. The van der Waals surface area contributed by atoms with Crippen molar-refractivity contribution in [3.05, 3.63) is 89.6 Å². The monoisotopic (exact) mass is 350 g/mol. The first-order valence-electron chi connectivity index (χ1n) is 8.34. The zero-order valence-corrected chi connectivity index (χ0v) is 14.2. The van der Waals surface area contributed by atoms with E-state index in [1.54, 1.807) is 18.2 Å². The first-order valence-corrected chi connectivity index (χ1v) is 8.34. The zero-order chi connectivity index (χ0) is 18.2. The molecule has 5 nitrogen and oxygen atoms in total. The Bertz CT molecular complexity index is 853. The van der Waals surface area contributed by atoms with Crippen LogP contribution in [0.4, 0.5) is 10.2 Å². The fourth-order valence-electron chi connectivity index (χ4n) is 2.42. The standard InChI is InChI=1S/C20H19FN4O/c21-17-9-5-4-8-16(17)12-25-20(26)18-13-24-19(14-23-18)22-11-10-15-6-2-1-3-7-15/h1-9,13-14H,10-12H2,(H,22,24)(H,25,26). The minimum atomic E-state index is -0.392. The average molecular weight is 350 g/mol. The Balaban J connectivity index is 1.49. The molecule has 3 rings (SSSR count). The van der Waals surface area contributed by atoms with Crippen LogP contribution < -0.4 is 10.6 Å². The number of benzene rings is 2. The van der Waals surface area contributed by atoms with Crippen LogP contribution in [0.15, 0.2) is 67.0 Å². The molecule has 0 aliphatic heterocycles. The molecule has 1 amide bonds. The molecule has 0 radical (unpaired) electrons. The van der Waals surface area contributed by atoms with Gasteiger partial charge in [0.05, 0.1) is 12.4 Å². The fourth-order valence-corrected chi connectivity index (χ4v) is 2.42. The Morgan fingerprint density at radius 3 is 2.46 bits per heavy atom. The lowest BCUT2D eigenvalue weighted by Crippen LogP contribution is -2.24. The third-order valence-electron chi connectivity index (χ3n) is 3.84. The van der Waals surface area contributed by atoms with Crippen molar-refractivity contribution in [3.63, 3.8) is 0 Å². The van der Waals surface area contributed by atoms with Crippen molar-refractivity contribution in [2.45, 2.75) is 13.0 Å². The summed E-state index contributed by atoms with van der Waals surface area (Å²) in [6, 6.07) is 16.4. The van der Waals surface area contributed by atoms with Gasteiger partial charge in [0.2, 0.25) is 0 Å². The first kappa shape index (κ1) is 17.5. The predicted octanol–water partition coefficient (Wildman–Crippen LogP) is 3.20. The number of nitrogens with zero attached hydrogens (tertiary/aromatic N) is 2. The summed E-state index contributed by atoms with van der Waals surface area (Å²) in [4.78, 5) is 20.4. The molecule has 26 heavy (non-hydrogen) atoms. The Kier molecular flexibility index (Phi) is 5.88. The molecule has 6 heteroatoms. The van der Waals surface area contributed by atoms with Crippen molar-refractivity contribution >= 4 is 11.7 Å². The Hall–Kier alpha value is -3.28. The summed E-state index contributed by atoms with van der Waals surface area (Å²) in [7, 11) is 0. The Morgan fingerprint density at radius 1 is 0.962 bits per heavy atom. The van der Waals surface area contributed by atoms with Gasteiger partial charge in [0.15, 0.2) is 0 Å². The van der Waals surface area contributed by atoms with Gasteiger partial charge < -0.3 is 10.6 Å². The largest absolute Gasteiger partial charge is 0.368 e. The fraction of sp³-hybridized carbons (Fsp3) is 0.150. The van der Waals surface area contributed by atoms with Crippen molar-refractivity contribution in [1.29, 1.82) is 0 Å². The van der Waals surface area contributed by atoms with E-state index in [2.05, 4.69) is 32.7 Å². The van der Waals surface area contributed by atoms with E-state index in [0.717, 1.165) is 13.0 Å². The van der Waals surface area contributed by atoms with Crippen LogP contribution in [0, 0.1) is 5.82 Å². The van der Waals surface area contributed by atoms with Gasteiger partial charge in [-0.2, -0.15) is 0 Å². The minimum absolute atomic E-state index is 0.101. The van der Waals surface area contributed by atoms with Gasteiger partial charge in [0.1, 0.15) is 17.3 Å². The highest BCUT2D eigenvalue weighted by Gasteiger charge is 2.09. The van der Waals surface area contributed by atoms with Crippen LogP contribution in [-0.2, 0) is 13.0 Å². The van der Waals surface area contributed by atoms with E-state index in [4.69, 9.17) is 0 Å². The molecule has 0 spiro atoms. The number of rotatable bonds is 7. The van der Waals surface area contributed by atoms with E-state index in [1.165, 1.54) is 24.0 Å². The van der Waals surface area contributed by atoms with Crippen LogP contribution >= 0.6 is 0 Å². The average Bonchev–Trinajstić information content (AvgIpc) is 2.68. The lowest BCUT2D eigenvalue weighted by Gasteiger charge is -2.07. The maximum atomic E-state index is 13.5. The van der Waals surface area contributed by atoms with Crippen molar-refractivity contribution in [3.8, 4) is 0 Å². The molecule has 0 unspecified atom stereocenters. The quantitative estimate of drug-likeness (QED) is 0.687. The molecule has 0 atom stereocenters. The molecule has 0 fully saturated rings. The van der Waals surface area contributed by atoms with Gasteiger partial charge in [-0.3, -0.25) is 4.79 Å². The van der Waals surface area contributed by atoms with Gasteiger partial charge in [-0.25, -0.2) is 14.4 Å². The molecule has 2 N–H and O–H groups in total. The van der Waals surface area contributed by atoms with Gasteiger partial charge in [0, 0.05) is 18.7 Å². The number of aromatic nitrogens is 2. The van der Waals surface area contributed by atoms with E-state index in [-0.39, 0.29) is 18.1 Å². The lowest BCUT2D eigenvalue weighted by molar-refractivity contribution is 0.0945. The van der Waals surface area contributed by atoms with Crippen molar-refractivity contribution < 1.29 is 9.18 Å². The second-order valence-electron chi connectivity index (χ2n) is 5.72. The summed E-state index contributed by atoms with van der Waals surface area (Å²) in [5, 5.41) is 5.81. The van der Waals surface area contributed by atoms with Crippen molar-refractivity contribution in [2.75, 3.05) is 11.9 Å². The summed E-state index contributed by atoms with van der Waals surface area (Å²) in [6.45, 7) is 0.821. The normalized spacial score (nSPS) is 10.3. The van der Waals surface area contributed by atoms with Gasteiger partial charge in [-0.1, -0.05) is 48.5 Å². The summed E-state index contributed by atoms with van der Waals surface area (Å²) in [6.07, 6.45) is 3.79. The predicted molar refractivity (Wildman–Crippen MR) is 98.2 cm³/mol. The number of anilines is 1. The van der Waals surface area contributed by atoms with E-state index < -0.39 is 5.91 Å². The van der Waals surface area contributed by atoms with Crippen LogP contribution in [0.3, 0.4) is 0 Å². The summed E-state index contributed by atoms with van der Waals surface area (Å²) < 4.78 is 13.5. The van der Waals surface area contributed by atoms with Crippen LogP contribution in [0.25, 0.3) is 0 Å². The van der Waals surface area contributed by atoms with Crippen LogP contribution in [0.5, 0.6) is 0 Å². The number of hydrogen-bond donors (Lipinski definition) is 2. The summed E-state index contributed by atoms with van der Waals surface area (Å²) in [5.41, 5.74) is 1.85. The Labute approximate surface area is 151 Å². The van der Waals surface area contributed by atoms with Gasteiger partial charge in [-0.15, -0.1) is 0 Å². The summed E-state index contributed by atoms with van der Waals surface area (Å²) >= 11 is 0. The zero-order valence-electron chi connectivity index (χ0n) is 14.2. The van der Waals surface area contributed by atoms with Gasteiger partial charge in [-0.05, 0) is 18.1 Å². The molecule has 0 aliphatic rings. The number of carbonyl (C=O) groups is 1. The Morgan fingerprint density at radius 2 is 1.73 bits per heavy atom. The summed E-state index contributed by atoms with van der Waals surface area (Å²) in [5.74, 6) is -0.139. The molecule has 2 aromatic carbocycles. The first-order chi connectivity index (χ1) is 12.7. The number of amides is 1. The highest BCUT2D eigenvalue weighted by molar-refractivity contribution is 5.91. The number of carbonyl (C=O) groups excluding carboxylic acids is 1. The van der Waals surface area contributed by atoms with Crippen molar-refractivity contribution in [1.82, 2.24) is 15.3 Å². The highest BCUT2D eigenvalue weighted by Crippen LogP contribution is 2.07. The number of hydrogen-bond acceptors (Lipinski definition) is 4. The molecule has 3 aromatic rings. The molecule has 0 saturated carbocycles. The van der Waals surface area contributed by atoms with E-state index in [1.807, 2.05) is 18.2 Å². The van der Waals surface area contributed by atoms with E-state index in [9.17, 15) is 9.18 Å². The van der Waals surface area contributed by atoms with Crippen LogP contribution in [-0.4, -0.2) is 22.4 Å². The smallest absolute Gasteiger partial charge is 0.271 e. The van der Waals surface area contributed by atoms with E-state index >= 15 is 0 Å². The maximum absolute atomic E-state index is 13.5. The van der Waals surface area contributed by atoms with E-state index in [0.29, 0.717) is 11.4 Å². The van der Waals surface area contributed by atoms with Crippen molar-refractivity contribution in [2.24, 2.45) is 0 Å². The molecule has 1 aromatic heterocycles. The van der Waals surface area contributed by atoms with Gasteiger partial charge in [0.25, 0.3) is 5.91 Å². The molecule has 1 heterocycles. The molecule has 132 valence electrons. The molecular weight excluding hydrogens is 331 g/mol. The molecule has 0 bridgehead atoms. The number of halogens is 1. The third kappa shape index (κ3) is 4.86. The van der Waals surface area contributed by atoms with Crippen LogP contribution in [0.1, 0.15) is 21.6 Å². The number of nitrogens with one attached hydrogen (secondary N) is 2. The minimum Gasteiger partial charge on any atom is -0.368 e. The SMILES string of the molecule is O=C(NCc1ccccc1F)c1cnc(NCCc2ccccc2)cn1. The topological polar surface area (TPSA) is 66.9 Å².